The van der Waals surface area contributed by atoms with Gasteiger partial charge in [0.25, 0.3) is 0 Å². The predicted molar refractivity (Wildman–Crippen MR) is 112 cm³/mol. The number of rotatable bonds is 8. The van der Waals surface area contributed by atoms with Gasteiger partial charge in [-0.15, -0.1) is 0 Å². The number of carbonyl (C=O) groups excluding carboxylic acids is 3. The molecule has 1 heterocycles. The third-order valence-electron chi connectivity index (χ3n) is 4.94. The van der Waals surface area contributed by atoms with Gasteiger partial charge in [0, 0.05) is 42.5 Å². The molecule has 0 bridgehead atoms. The normalized spacial score (nSPS) is 14.3. The maximum absolute atomic E-state index is 12.4. The van der Waals surface area contributed by atoms with Gasteiger partial charge in [-0.1, -0.05) is 40.2 Å². The largest absolute Gasteiger partial charge is 0.465 e. The lowest BCUT2D eigenvalue weighted by atomic mass is 10.1. The summed E-state index contributed by atoms with van der Waals surface area (Å²) in [4.78, 5) is 36.2. The quantitative estimate of drug-likeness (QED) is 0.447. The second-order valence-electron chi connectivity index (χ2n) is 6.84. The summed E-state index contributed by atoms with van der Waals surface area (Å²) in [6, 6.07) is 14.5. The Kier molecular flexibility index (Phi) is 7.17. The molecule has 1 amide bonds. The summed E-state index contributed by atoms with van der Waals surface area (Å²) in [6.45, 7) is 1.69. The number of halogens is 1. The van der Waals surface area contributed by atoms with Crippen molar-refractivity contribution >= 4 is 33.6 Å². The molecule has 0 unspecified atom stereocenters. The molecule has 0 spiro atoms. The van der Waals surface area contributed by atoms with Crippen LogP contribution in [0, 0.1) is 0 Å². The Morgan fingerprint density at radius 2 is 1.83 bits per heavy atom. The SMILES string of the molecule is COC(=O)c1ccc(CCN2C(=O)CCN2CCC(=O)c2cccc(Br)c2)cc1. The van der Waals surface area contributed by atoms with E-state index in [1.807, 2.05) is 35.3 Å². The molecule has 1 saturated heterocycles. The monoisotopic (exact) mass is 458 g/mol. The molecule has 1 aliphatic heterocycles. The molecule has 2 aromatic carbocycles. The molecule has 7 heteroatoms. The Balaban J connectivity index is 1.55. The van der Waals surface area contributed by atoms with Crippen molar-refractivity contribution in [3.05, 3.63) is 69.7 Å². The molecule has 2 aromatic rings. The van der Waals surface area contributed by atoms with Crippen LogP contribution in [0.15, 0.2) is 53.0 Å². The summed E-state index contributed by atoms with van der Waals surface area (Å²) in [5.41, 5.74) is 2.20. The van der Waals surface area contributed by atoms with Crippen molar-refractivity contribution in [2.24, 2.45) is 0 Å². The van der Waals surface area contributed by atoms with Gasteiger partial charge in [0.15, 0.2) is 5.78 Å². The number of ketones is 1. The zero-order valence-corrected chi connectivity index (χ0v) is 17.9. The highest BCUT2D eigenvalue weighted by molar-refractivity contribution is 9.10. The van der Waals surface area contributed by atoms with E-state index in [0.717, 1.165) is 10.0 Å². The molecule has 152 valence electrons. The average Bonchev–Trinajstić information content (AvgIpc) is 3.09. The van der Waals surface area contributed by atoms with Crippen LogP contribution in [-0.2, 0) is 16.0 Å². The molecule has 29 heavy (non-hydrogen) atoms. The smallest absolute Gasteiger partial charge is 0.337 e. The summed E-state index contributed by atoms with van der Waals surface area (Å²) in [6.07, 6.45) is 1.49. The van der Waals surface area contributed by atoms with Gasteiger partial charge in [0.1, 0.15) is 0 Å². The first kappa shape index (κ1) is 21.2. The zero-order chi connectivity index (χ0) is 20.8. The number of amides is 1. The number of methoxy groups -OCH3 is 1. The molecule has 1 aliphatic rings. The van der Waals surface area contributed by atoms with Crippen molar-refractivity contribution < 1.29 is 19.1 Å². The Morgan fingerprint density at radius 1 is 1.07 bits per heavy atom. The maximum Gasteiger partial charge on any atom is 0.337 e. The molecule has 0 atom stereocenters. The average molecular weight is 459 g/mol. The minimum absolute atomic E-state index is 0.0593. The number of Topliss-reactive ketones (excluding diaryl/α,β-unsaturated/α-hetero) is 1. The van der Waals surface area contributed by atoms with Crippen LogP contribution in [0.2, 0.25) is 0 Å². The second kappa shape index (κ2) is 9.80. The van der Waals surface area contributed by atoms with Crippen molar-refractivity contribution in [2.75, 3.05) is 26.7 Å². The molecule has 0 radical (unpaired) electrons. The fraction of sp³-hybridized carbons (Fsp3) is 0.318. The summed E-state index contributed by atoms with van der Waals surface area (Å²) in [5, 5.41) is 3.70. The number of benzene rings is 2. The predicted octanol–water partition coefficient (Wildman–Crippen LogP) is 3.50. The Hall–Kier alpha value is -2.51. The standard InChI is InChI=1S/C22H23BrN2O4/c1-29-22(28)17-7-5-16(6-8-17)9-14-25-21(27)11-13-24(25)12-10-20(26)18-3-2-4-19(23)15-18/h2-8,15H,9-14H2,1H3. The van der Waals surface area contributed by atoms with Crippen LogP contribution in [0.25, 0.3) is 0 Å². The van der Waals surface area contributed by atoms with Gasteiger partial charge in [0.05, 0.1) is 12.7 Å². The van der Waals surface area contributed by atoms with E-state index in [-0.39, 0.29) is 17.7 Å². The van der Waals surface area contributed by atoms with E-state index in [1.165, 1.54) is 7.11 Å². The molecule has 0 saturated carbocycles. The lowest BCUT2D eigenvalue weighted by molar-refractivity contribution is -0.137. The van der Waals surface area contributed by atoms with Crippen molar-refractivity contribution in [1.82, 2.24) is 10.0 Å². The van der Waals surface area contributed by atoms with E-state index in [4.69, 9.17) is 4.74 Å². The van der Waals surface area contributed by atoms with E-state index in [1.54, 1.807) is 23.2 Å². The third kappa shape index (κ3) is 5.52. The van der Waals surface area contributed by atoms with Crippen LogP contribution in [-0.4, -0.2) is 54.4 Å². The molecule has 0 aliphatic carbocycles. The molecule has 1 fully saturated rings. The lowest BCUT2D eigenvalue weighted by Crippen LogP contribution is -2.41. The van der Waals surface area contributed by atoms with Crippen molar-refractivity contribution in [2.45, 2.75) is 19.3 Å². The molecular formula is C22H23BrN2O4. The topological polar surface area (TPSA) is 66.9 Å². The highest BCUT2D eigenvalue weighted by Gasteiger charge is 2.28. The van der Waals surface area contributed by atoms with Crippen LogP contribution < -0.4 is 0 Å². The number of hydrogen-bond acceptors (Lipinski definition) is 5. The number of hydrazine groups is 1. The van der Waals surface area contributed by atoms with Crippen LogP contribution in [0.5, 0.6) is 0 Å². The minimum atomic E-state index is -0.368. The van der Waals surface area contributed by atoms with E-state index >= 15 is 0 Å². The van der Waals surface area contributed by atoms with Gasteiger partial charge in [-0.3, -0.25) is 14.6 Å². The van der Waals surface area contributed by atoms with Gasteiger partial charge in [-0.2, -0.15) is 0 Å². The van der Waals surface area contributed by atoms with E-state index in [2.05, 4.69) is 15.9 Å². The Morgan fingerprint density at radius 3 is 2.52 bits per heavy atom. The van der Waals surface area contributed by atoms with Gasteiger partial charge < -0.3 is 4.74 Å². The first-order chi connectivity index (χ1) is 14.0. The number of ether oxygens (including phenoxy) is 1. The number of carbonyl (C=O) groups is 3. The van der Waals surface area contributed by atoms with Crippen molar-refractivity contribution in [3.63, 3.8) is 0 Å². The molecule has 6 nitrogen and oxygen atoms in total. The van der Waals surface area contributed by atoms with E-state index in [9.17, 15) is 14.4 Å². The lowest BCUT2D eigenvalue weighted by Gasteiger charge is -2.27. The summed E-state index contributed by atoms with van der Waals surface area (Å²) >= 11 is 3.38. The maximum atomic E-state index is 12.4. The summed E-state index contributed by atoms with van der Waals surface area (Å²) < 4.78 is 5.58. The van der Waals surface area contributed by atoms with Gasteiger partial charge in [-0.05, 0) is 36.2 Å². The summed E-state index contributed by atoms with van der Waals surface area (Å²) in [7, 11) is 1.35. The van der Waals surface area contributed by atoms with Crippen molar-refractivity contribution in [1.29, 1.82) is 0 Å². The van der Waals surface area contributed by atoms with Crippen LogP contribution in [0.1, 0.15) is 39.1 Å². The van der Waals surface area contributed by atoms with Crippen LogP contribution in [0.4, 0.5) is 0 Å². The minimum Gasteiger partial charge on any atom is -0.465 e. The second-order valence-corrected chi connectivity index (χ2v) is 7.76. The third-order valence-corrected chi connectivity index (χ3v) is 5.44. The van der Waals surface area contributed by atoms with E-state index in [0.29, 0.717) is 50.0 Å². The highest BCUT2D eigenvalue weighted by Crippen LogP contribution is 2.17. The summed E-state index contributed by atoms with van der Waals surface area (Å²) in [5.74, 6) is -0.234. The highest BCUT2D eigenvalue weighted by atomic mass is 79.9. The van der Waals surface area contributed by atoms with Gasteiger partial charge in [0.2, 0.25) is 5.91 Å². The molecule has 3 rings (SSSR count). The van der Waals surface area contributed by atoms with E-state index < -0.39 is 0 Å². The fourth-order valence-corrected chi connectivity index (χ4v) is 3.73. The first-order valence-electron chi connectivity index (χ1n) is 9.49. The Bertz CT molecular complexity index is 898. The fourth-order valence-electron chi connectivity index (χ4n) is 3.33. The van der Waals surface area contributed by atoms with Crippen LogP contribution >= 0.6 is 15.9 Å². The van der Waals surface area contributed by atoms with Crippen molar-refractivity contribution in [3.8, 4) is 0 Å². The molecule has 0 N–H and O–H groups in total. The number of hydrogen-bond donors (Lipinski definition) is 0. The van der Waals surface area contributed by atoms with Crippen LogP contribution in [0.3, 0.4) is 0 Å². The number of nitrogens with zero attached hydrogens (tertiary/aromatic N) is 2. The Labute approximate surface area is 178 Å². The van der Waals surface area contributed by atoms with Gasteiger partial charge in [-0.25, -0.2) is 9.80 Å². The van der Waals surface area contributed by atoms with Gasteiger partial charge >= 0.3 is 5.97 Å². The first-order valence-corrected chi connectivity index (χ1v) is 10.3. The zero-order valence-electron chi connectivity index (χ0n) is 16.3. The molecule has 0 aromatic heterocycles. The number of esters is 1. The molecular weight excluding hydrogens is 436 g/mol.